The first-order valence-corrected chi connectivity index (χ1v) is 4.82. The van der Waals surface area contributed by atoms with Crippen molar-refractivity contribution in [2.75, 3.05) is 7.11 Å². The van der Waals surface area contributed by atoms with Crippen LogP contribution in [-0.4, -0.2) is 22.8 Å². The molecule has 0 aliphatic rings. The van der Waals surface area contributed by atoms with Crippen molar-refractivity contribution < 1.29 is 24.8 Å². The lowest BCUT2D eigenvalue weighted by Gasteiger charge is -2.06. The smallest absolute Gasteiger partial charge is 0.282 e. The molecule has 1 aromatic carbocycles. The van der Waals surface area contributed by atoms with E-state index in [1.807, 2.05) is 12.1 Å². The monoisotopic (exact) mass is 238 g/mol. The van der Waals surface area contributed by atoms with Crippen LogP contribution in [0.25, 0.3) is 11.3 Å². The van der Waals surface area contributed by atoms with E-state index in [0.717, 1.165) is 0 Å². The van der Waals surface area contributed by atoms with E-state index >= 15 is 0 Å². The van der Waals surface area contributed by atoms with Gasteiger partial charge in [0.05, 0.1) is 19.3 Å². The first-order chi connectivity index (χ1) is 7.76. The fourth-order valence-corrected chi connectivity index (χ4v) is 1.59. The normalized spacial score (nSPS) is 9.76. The standard InChI is InChI=1S/C12H12O4.H2O/c1-15-10-5-3-2-4-9(10)12-8(7-13)6-11(14)16-12;/h2-6,13-14H,7H2,1H3;1H2. The molecule has 0 radical (unpaired) electrons. The summed E-state index contributed by atoms with van der Waals surface area (Å²) in [5.41, 5.74) is 1.23. The molecule has 1 aromatic heterocycles. The molecule has 0 bridgehead atoms. The minimum Gasteiger partial charge on any atom is -0.496 e. The van der Waals surface area contributed by atoms with E-state index in [9.17, 15) is 5.11 Å². The zero-order valence-corrected chi connectivity index (χ0v) is 9.30. The van der Waals surface area contributed by atoms with Gasteiger partial charge in [0.2, 0.25) is 0 Å². The number of ether oxygens (including phenoxy) is 1. The Morgan fingerprint density at radius 1 is 1.29 bits per heavy atom. The molecule has 4 N–H and O–H groups in total. The van der Waals surface area contributed by atoms with Crippen molar-refractivity contribution in [2.45, 2.75) is 6.61 Å². The van der Waals surface area contributed by atoms with E-state index in [1.165, 1.54) is 6.07 Å². The lowest BCUT2D eigenvalue weighted by molar-refractivity contribution is 0.281. The number of aliphatic hydroxyl groups excluding tert-OH is 1. The molecule has 5 nitrogen and oxygen atoms in total. The maximum atomic E-state index is 9.27. The molecule has 2 aromatic rings. The summed E-state index contributed by atoms with van der Waals surface area (Å²) in [5.74, 6) is 0.842. The highest BCUT2D eigenvalue weighted by Crippen LogP contribution is 2.36. The fraction of sp³-hybridized carbons (Fsp3) is 0.167. The van der Waals surface area contributed by atoms with Crippen molar-refractivity contribution in [3.8, 4) is 23.0 Å². The predicted octanol–water partition coefficient (Wildman–Crippen LogP) is 1.33. The predicted molar refractivity (Wildman–Crippen MR) is 61.9 cm³/mol. The summed E-state index contributed by atoms with van der Waals surface area (Å²) in [6, 6.07) is 8.65. The van der Waals surface area contributed by atoms with E-state index < -0.39 is 0 Å². The Morgan fingerprint density at radius 2 is 2.00 bits per heavy atom. The van der Waals surface area contributed by atoms with Gasteiger partial charge in [-0.1, -0.05) is 12.1 Å². The van der Waals surface area contributed by atoms with Crippen molar-refractivity contribution >= 4 is 0 Å². The van der Waals surface area contributed by atoms with Crippen molar-refractivity contribution in [3.05, 3.63) is 35.9 Å². The molecule has 0 amide bonds. The van der Waals surface area contributed by atoms with E-state index in [1.54, 1.807) is 19.2 Å². The van der Waals surface area contributed by atoms with E-state index in [2.05, 4.69) is 0 Å². The number of para-hydroxylation sites is 1. The summed E-state index contributed by atoms with van der Waals surface area (Å²) in [4.78, 5) is 0. The number of rotatable bonds is 3. The number of hydrogen-bond donors (Lipinski definition) is 2. The van der Waals surface area contributed by atoms with E-state index in [0.29, 0.717) is 22.6 Å². The molecular weight excluding hydrogens is 224 g/mol. The van der Waals surface area contributed by atoms with Crippen LogP contribution in [0.1, 0.15) is 5.56 Å². The van der Waals surface area contributed by atoms with Gasteiger partial charge in [0.1, 0.15) is 11.5 Å². The van der Waals surface area contributed by atoms with Gasteiger partial charge in [-0.05, 0) is 12.1 Å². The third-order valence-electron chi connectivity index (χ3n) is 2.32. The van der Waals surface area contributed by atoms with Gasteiger partial charge in [-0.25, -0.2) is 0 Å². The second kappa shape index (κ2) is 5.38. The van der Waals surface area contributed by atoms with Crippen molar-refractivity contribution in [2.24, 2.45) is 0 Å². The Bertz CT molecular complexity index is 489. The Labute approximate surface area is 98.2 Å². The van der Waals surface area contributed by atoms with Crippen LogP contribution in [0.3, 0.4) is 0 Å². The highest BCUT2D eigenvalue weighted by Gasteiger charge is 2.15. The summed E-state index contributed by atoms with van der Waals surface area (Å²) in [5, 5.41) is 18.4. The summed E-state index contributed by atoms with van der Waals surface area (Å²) >= 11 is 0. The van der Waals surface area contributed by atoms with E-state index in [4.69, 9.17) is 14.3 Å². The minimum absolute atomic E-state index is 0. The topological polar surface area (TPSA) is 94.3 Å². The largest absolute Gasteiger partial charge is 0.496 e. The highest BCUT2D eigenvalue weighted by atomic mass is 16.5. The van der Waals surface area contributed by atoms with Crippen molar-refractivity contribution in [1.29, 1.82) is 0 Å². The van der Waals surface area contributed by atoms with Crippen LogP contribution in [-0.2, 0) is 6.61 Å². The van der Waals surface area contributed by atoms with Crippen LogP contribution in [0.4, 0.5) is 0 Å². The third-order valence-corrected chi connectivity index (χ3v) is 2.32. The molecule has 17 heavy (non-hydrogen) atoms. The summed E-state index contributed by atoms with van der Waals surface area (Å²) in [6.07, 6.45) is 0. The Hall–Kier alpha value is -1.98. The van der Waals surface area contributed by atoms with Gasteiger partial charge in [0, 0.05) is 11.6 Å². The molecule has 0 saturated carbocycles. The van der Waals surface area contributed by atoms with Gasteiger partial charge in [0.15, 0.2) is 0 Å². The van der Waals surface area contributed by atoms with Gasteiger partial charge in [-0.15, -0.1) is 0 Å². The summed E-state index contributed by atoms with van der Waals surface area (Å²) in [7, 11) is 1.56. The molecule has 5 heteroatoms. The van der Waals surface area contributed by atoms with Crippen molar-refractivity contribution in [3.63, 3.8) is 0 Å². The Balaban J connectivity index is 0.00000144. The third kappa shape index (κ3) is 2.41. The zero-order valence-electron chi connectivity index (χ0n) is 9.30. The number of methoxy groups -OCH3 is 1. The second-order valence-electron chi connectivity index (χ2n) is 3.30. The highest BCUT2D eigenvalue weighted by molar-refractivity contribution is 5.69. The molecule has 0 atom stereocenters. The number of hydrogen-bond acceptors (Lipinski definition) is 4. The van der Waals surface area contributed by atoms with Crippen LogP contribution in [0.5, 0.6) is 11.7 Å². The van der Waals surface area contributed by atoms with Gasteiger partial charge in [0.25, 0.3) is 5.95 Å². The average molecular weight is 238 g/mol. The number of benzene rings is 1. The molecule has 2 rings (SSSR count). The number of aliphatic hydroxyl groups is 1. The molecule has 0 unspecified atom stereocenters. The van der Waals surface area contributed by atoms with Crippen molar-refractivity contribution in [1.82, 2.24) is 0 Å². The van der Waals surface area contributed by atoms with Crippen LogP contribution in [0, 0.1) is 0 Å². The number of furan rings is 1. The van der Waals surface area contributed by atoms with Crippen LogP contribution in [0.15, 0.2) is 34.7 Å². The lowest BCUT2D eigenvalue weighted by Crippen LogP contribution is -1.89. The van der Waals surface area contributed by atoms with Gasteiger partial charge in [-0.3, -0.25) is 0 Å². The first kappa shape index (κ1) is 13.1. The summed E-state index contributed by atoms with van der Waals surface area (Å²) in [6.45, 7) is -0.197. The van der Waals surface area contributed by atoms with Gasteiger partial charge in [-0.2, -0.15) is 0 Å². The first-order valence-electron chi connectivity index (χ1n) is 4.82. The van der Waals surface area contributed by atoms with Crippen LogP contribution < -0.4 is 4.74 Å². The number of aromatic hydroxyl groups is 1. The van der Waals surface area contributed by atoms with Gasteiger partial charge < -0.3 is 24.8 Å². The van der Waals surface area contributed by atoms with Crippen LogP contribution in [0.2, 0.25) is 0 Å². The maximum Gasteiger partial charge on any atom is 0.282 e. The van der Waals surface area contributed by atoms with E-state index in [-0.39, 0.29) is 18.0 Å². The molecule has 0 spiro atoms. The Kier molecular flexibility index (Phi) is 4.14. The molecule has 0 fully saturated rings. The molecular formula is C12H14O5. The van der Waals surface area contributed by atoms with Crippen LogP contribution >= 0.6 is 0 Å². The average Bonchev–Trinajstić information content (AvgIpc) is 2.70. The quantitative estimate of drug-likeness (QED) is 0.843. The minimum atomic E-state index is -0.218. The molecule has 1 heterocycles. The lowest BCUT2D eigenvalue weighted by atomic mass is 10.1. The second-order valence-corrected chi connectivity index (χ2v) is 3.30. The maximum absolute atomic E-state index is 9.27. The fourth-order valence-electron chi connectivity index (χ4n) is 1.59. The zero-order chi connectivity index (χ0) is 11.5. The molecule has 0 aliphatic heterocycles. The SMILES string of the molecule is COc1ccccc1-c1oc(O)cc1CO.O. The summed E-state index contributed by atoms with van der Waals surface area (Å²) < 4.78 is 10.3. The molecule has 92 valence electrons. The molecule has 0 aliphatic carbocycles. The molecule has 0 saturated heterocycles. The van der Waals surface area contributed by atoms with Gasteiger partial charge >= 0.3 is 0 Å². The Morgan fingerprint density at radius 3 is 2.65 bits per heavy atom.